The highest BCUT2D eigenvalue weighted by molar-refractivity contribution is 5.25. The maximum Gasteiger partial charge on any atom is 0.0634 e. The van der Waals surface area contributed by atoms with E-state index in [1.807, 2.05) is 7.11 Å². The van der Waals surface area contributed by atoms with Crippen LogP contribution in [0.25, 0.3) is 0 Å². The molecular formula is C17H25NO. The van der Waals surface area contributed by atoms with Gasteiger partial charge in [0.05, 0.1) is 6.10 Å². The van der Waals surface area contributed by atoms with Crippen LogP contribution in [-0.4, -0.2) is 26.3 Å². The van der Waals surface area contributed by atoms with Crippen LogP contribution >= 0.6 is 0 Å². The van der Waals surface area contributed by atoms with Crippen molar-refractivity contribution in [2.75, 3.05) is 20.2 Å². The minimum Gasteiger partial charge on any atom is -0.381 e. The number of rotatable bonds is 2. The Labute approximate surface area is 116 Å². The van der Waals surface area contributed by atoms with Crippen molar-refractivity contribution in [1.82, 2.24) is 5.32 Å². The second kappa shape index (κ2) is 5.64. The Hall–Kier alpha value is -0.860. The molecule has 3 rings (SSSR count). The first kappa shape index (κ1) is 13.1. The van der Waals surface area contributed by atoms with Gasteiger partial charge in [0.15, 0.2) is 0 Å². The van der Waals surface area contributed by atoms with E-state index < -0.39 is 0 Å². The molecule has 104 valence electrons. The molecule has 1 aromatic rings. The SMILES string of the molecule is COC1CCCCC12CCNCC2c1ccccc1. The quantitative estimate of drug-likeness (QED) is 0.879. The summed E-state index contributed by atoms with van der Waals surface area (Å²) in [6.45, 7) is 2.24. The van der Waals surface area contributed by atoms with Gasteiger partial charge >= 0.3 is 0 Å². The molecule has 1 aliphatic heterocycles. The number of benzene rings is 1. The molecule has 19 heavy (non-hydrogen) atoms. The Morgan fingerprint density at radius 3 is 2.79 bits per heavy atom. The fourth-order valence-electron chi connectivity index (χ4n) is 4.35. The van der Waals surface area contributed by atoms with Crippen molar-refractivity contribution in [3.8, 4) is 0 Å². The van der Waals surface area contributed by atoms with E-state index in [2.05, 4.69) is 35.6 Å². The fraction of sp³-hybridized carbons (Fsp3) is 0.647. The van der Waals surface area contributed by atoms with Gasteiger partial charge in [-0.15, -0.1) is 0 Å². The van der Waals surface area contributed by atoms with Crippen molar-refractivity contribution >= 4 is 0 Å². The lowest BCUT2D eigenvalue weighted by molar-refractivity contribution is -0.0717. The monoisotopic (exact) mass is 259 g/mol. The van der Waals surface area contributed by atoms with Gasteiger partial charge in [-0.1, -0.05) is 43.2 Å². The largest absolute Gasteiger partial charge is 0.381 e. The summed E-state index contributed by atoms with van der Waals surface area (Å²) < 4.78 is 5.91. The van der Waals surface area contributed by atoms with Crippen LogP contribution in [0.1, 0.15) is 43.6 Å². The van der Waals surface area contributed by atoms with Gasteiger partial charge in [-0.2, -0.15) is 0 Å². The standard InChI is InChI=1S/C17H25NO/c1-19-16-9-5-6-10-17(16)11-12-18-13-15(17)14-7-3-2-4-8-14/h2-4,7-8,15-16,18H,5-6,9-13H2,1H3. The Balaban J connectivity index is 1.95. The average Bonchev–Trinajstić information content (AvgIpc) is 2.49. The zero-order valence-corrected chi connectivity index (χ0v) is 11.9. The van der Waals surface area contributed by atoms with Gasteiger partial charge in [-0.05, 0) is 31.4 Å². The van der Waals surface area contributed by atoms with E-state index in [0.29, 0.717) is 17.4 Å². The molecule has 0 aromatic heterocycles. The molecule has 2 heteroatoms. The topological polar surface area (TPSA) is 21.3 Å². The van der Waals surface area contributed by atoms with Crippen molar-refractivity contribution < 1.29 is 4.74 Å². The van der Waals surface area contributed by atoms with Crippen LogP contribution in [0.2, 0.25) is 0 Å². The Bertz CT molecular complexity index is 399. The molecule has 1 N–H and O–H groups in total. The average molecular weight is 259 g/mol. The van der Waals surface area contributed by atoms with Crippen LogP contribution in [0.3, 0.4) is 0 Å². The van der Waals surface area contributed by atoms with Crippen LogP contribution in [0.15, 0.2) is 30.3 Å². The Morgan fingerprint density at radius 2 is 2.00 bits per heavy atom. The van der Waals surface area contributed by atoms with Crippen LogP contribution < -0.4 is 5.32 Å². The Morgan fingerprint density at radius 1 is 1.16 bits per heavy atom. The number of hydrogen-bond donors (Lipinski definition) is 1. The zero-order chi connectivity index (χ0) is 13.1. The van der Waals surface area contributed by atoms with E-state index in [4.69, 9.17) is 4.74 Å². The normalized spacial score (nSPS) is 35.4. The molecule has 1 aliphatic carbocycles. The van der Waals surface area contributed by atoms with Crippen molar-refractivity contribution in [3.05, 3.63) is 35.9 Å². The van der Waals surface area contributed by atoms with Crippen LogP contribution in [-0.2, 0) is 4.74 Å². The fourth-order valence-corrected chi connectivity index (χ4v) is 4.35. The number of ether oxygens (including phenoxy) is 1. The third-order valence-electron chi connectivity index (χ3n) is 5.30. The van der Waals surface area contributed by atoms with E-state index in [9.17, 15) is 0 Å². The van der Waals surface area contributed by atoms with E-state index in [1.54, 1.807) is 0 Å². The number of nitrogens with one attached hydrogen (secondary N) is 1. The summed E-state index contributed by atoms with van der Waals surface area (Å²) in [7, 11) is 1.90. The summed E-state index contributed by atoms with van der Waals surface area (Å²) in [5.41, 5.74) is 1.85. The van der Waals surface area contributed by atoms with Crippen LogP contribution in [0.4, 0.5) is 0 Å². The molecule has 1 saturated carbocycles. The number of piperidine rings is 1. The Kier molecular flexibility index (Phi) is 3.90. The summed E-state index contributed by atoms with van der Waals surface area (Å²) in [5, 5.41) is 3.59. The van der Waals surface area contributed by atoms with Gasteiger partial charge in [-0.25, -0.2) is 0 Å². The molecule has 1 saturated heterocycles. The maximum absolute atomic E-state index is 5.91. The molecule has 3 unspecified atom stereocenters. The van der Waals surface area contributed by atoms with Gasteiger partial charge in [0.25, 0.3) is 0 Å². The van der Waals surface area contributed by atoms with Gasteiger partial charge in [0.2, 0.25) is 0 Å². The predicted molar refractivity (Wildman–Crippen MR) is 78.4 cm³/mol. The number of hydrogen-bond acceptors (Lipinski definition) is 2. The van der Waals surface area contributed by atoms with Crippen LogP contribution in [0.5, 0.6) is 0 Å². The second-order valence-corrected chi connectivity index (χ2v) is 6.12. The molecule has 2 aliphatic rings. The molecule has 1 heterocycles. The van der Waals surface area contributed by atoms with Gasteiger partial charge in [0.1, 0.15) is 0 Å². The molecule has 0 radical (unpaired) electrons. The van der Waals surface area contributed by atoms with E-state index in [-0.39, 0.29) is 0 Å². The van der Waals surface area contributed by atoms with Gasteiger partial charge in [-0.3, -0.25) is 0 Å². The highest BCUT2D eigenvalue weighted by Gasteiger charge is 2.48. The summed E-state index contributed by atoms with van der Waals surface area (Å²) in [4.78, 5) is 0. The van der Waals surface area contributed by atoms with Crippen LogP contribution in [0, 0.1) is 5.41 Å². The second-order valence-electron chi connectivity index (χ2n) is 6.12. The van der Waals surface area contributed by atoms with E-state index >= 15 is 0 Å². The highest BCUT2D eigenvalue weighted by Crippen LogP contribution is 2.51. The summed E-state index contributed by atoms with van der Waals surface area (Å²) in [6, 6.07) is 11.0. The van der Waals surface area contributed by atoms with Crippen molar-refractivity contribution in [2.45, 2.75) is 44.1 Å². The van der Waals surface area contributed by atoms with E-state index in [0.717, 1.165) is 13.1 Å². The van der Waals surface area contributed by atoms with E-state index in [1.165, 1.54) is 37.7 Å². The van der Waals surface area contributed by atoms with Crippen molar-refractivity contribution in [1.29, 1.82) is 0 Å². The number of methoxy groups -OCH3 is 1. The first-order chi connectivity index (χ1) is 9.37. The molecule has 0 bridgehead atoms. The molecule has 3 atom stereocenters. The van der Waals surface area contributed by atoms with Gasteiger partial charge < -0.3 is 10.1 Å². The molecule has 2 fully saturated rings. The van der Waals surface area contributed by atoms with Crippen molar-refractivity contribution in [2.24, 2.45) is 5.41 Å². The molecular weight excluding hydrogens is 234 g/mol. The first-order valence-corrected chi connectivity index (χ1v) is 7.65. The third kappa shape index (κ3) is 2.32. The maximum atomic E-state index is 5.91. The smallest absolute Gasteiger partial charge is 0.0634 e. The minimum absolute atomic E-state index is 0.361. The lowest BCUT2D eigenvalue weighted by atomic mass is 9.59. The minimum atomic E-state index is 0.361. The first-order valence-electron chi connectivity index (χ1n) is 7.65. The zero-order valence-electron chi connectivity index (χ0n) is 11.9. The summed E-state index contributed by atoms with van der Waals surface area (Å²) in [5.74, 6) is 0.604. The molecule has 1 spiro atoms. The molecule has 2 nitrogen and oxygen atoms in total. The molecule has 0 amide bonds. The van der Waals surface area contributed by atoms with Crippen molar-refractivity contribution in [3.63, 3.8) is 0 Å². The highest BCUT2D eigenvalue weighted by atomic mass is 16.5. The predicted octanol–water partition coefficient (Wildman–Crippen LogP) is 3.34. The lowest BCUT2D eigenvalue weighted by Crippen LogP contribution is -2.52. The third-order valence-corrected chi connectivity index (χ3v) is 5.30. The molecule has 1 aromatic carbocycles. The lowest BCUT2D eigenvalue weighted by Gasteiger charge is -2.51. The van der Waals surface area contributed by atoms with Gasteiger partial charge in [0, 0.05) is 25.0 Å². The summed E-state index contributed by atoms with van der Waals surface area (Å²) in [6.07, 6.45) is 6.95. The summed E-state index contributed by atoms with van der Waals surface area (Å²) >= 11 is 0.